The molecule has 0 spiro atoms. The van der Waals surface area contributed by atoms with Crippen molar-refractivity contribution in [2.24, 2.45) is 21.7 Å². The number of rotatable bonds is 2. The zero-order chi connectivity index (χ0) is 14.0. The number of nitrogen functional groups attached to an aromatic ring is 1. The quantitative estimate of drug-likeness (QED) is 0.433. The topological polar surface area (TPSA) is 133 Å². The zero-order valence-corrected chi connectivity index (χ0v) is 11.6. The van der Waals surface area contributed by atoms with Crippen molar-refractivity contribution in [1.82, 2.24) is 0 Å². The number of nitrogens with zero attached hydrogens (tertiary/aromatic N) is 2. The lowest BCUT2D eigenvalue weighted by atomic mass is 10.1. The van der Waals surface area contributed by atoms with Gasteiger partial charge in [0.25, 0.3) is 0 Å². The molecule has 0 bridgehead atoms. The number of hydrogen-bond donors (Lipinski definition) is 3. The van der Waals surface area contributed by atoms with Gasteiger partial charge in [0.05, 0.1) is 11.6 Å². The van der Waals surface area contributed by atoms with E-state index in [0.29, 0.717) is 16.0 Å². The van der Waals surface area contributed by atoms with Crippen LogP contribution in [-0.4, -0.2) is 12.2 Å². The number of benzene rings is 1. The third-order valence-electron chi connectivity index (χ3n) is 2.28. The molecule has 6 N–H and O–H groups in total. The van der Waals surface area contributed by atoms with Crippen LogP contribution in [0.15, 0.2) is 37.6 Å². The minimum Gasteiger partial charge on any atom is -0.440 e. The van der Waals surface area contributed by atoms with Crippen LogP contribution in [0.4, 0.5) is 5.88 Å². The van der Waals surface area contributed by atoms with Gasteiger partial charge in [-0.3, -0.25) is 4.79 Å². The van der Waals surface area contributed by atoms with Crippen LogP contribution < -0.4 is 22.6 Å². The summed E-state index contributed by atoms with van der Waals surface area (Å²) in [7, 11) is 0. The highest BCUT2D eigenvalue weighted by Crippen LogP contribution is 2.20. The standard InChI is InChI=1S/C11H10ClN5O2.ClH/c12-5-1-2-8-6(3-5)9(18)7(10(13)19-8)4-16-17-11(14)15;/h1-4H,13H2,(H4,14,15,17);1H/b16-4+;. The van der Waals surface area contributed by atoms with E-state index in [1.54, 1.807) is 12.1 Å². The first kappa shape index (κ1) is 15.8. The molecular formula is C11H11Cl2N5O2. The minimum atomic E-state index is -0.365. The number of hydrogen-bond acceptors (Lipinski definition) is 5. The first-order valence-electron chi connectivity index (χ1n) is 5.13. The lowest BCUT2D eigenvalue weighted by molar-refractivity contribution is 0.624. The maximum Gasteiger partial charge on any atom is 0.211 e. The normalized spacial score (nSPS) is 10.4. The molecule has 1 heterocycles. The van der Waals surface area contributed by atoms with Crippen molar-refractivity contribution in [2.75, 3.05) is 5.73 Å². The molecular weight excluding hydrogens is 305 g/mol. The number of anilines is 1. The summed E-state index contributed by atoms with van der Waals surface area (Å²) in [5.74, 6) is -0.308. The molecule has 106 valence electrons. The van der Waals surface area contributed by atoms with Gasteiger partial charge in [0, 0.05) is 5.02 Å². The third kappa shape index (κ3) is 3.19. The fourth-order valence-corrected chi connectivity index (χ4v) is 1.65. The van der Waals surface area contributed by atoms with Crippen molar-refractivity contribution in [3.05, 3.63) is 39.0 Å². The second-order valence-electron chi connectivity index (χ2n) is 3.62. The molecule has 0 fully saturated rings. The summed E-state index contributed by atoms with van der Waals surface area (Å²) in [6.45, 7) is 0. The van der Waals surface area contributed by atoms with Crippen molar-refractivity contribution in [3.63, 3.8) is 0 Å². The summed E-state index contributed by atoms with van der Waals surface area (Å²) in [5, 5.41) is 7.62. The summed E-state index contributed by atoms with van der Waals surface area (Å²) in [6, 6.07) is 4.64. The average Bonchev–Trinajstić information content (AvgIpc) is 2.34. The van der Waals surface area contributed by atoms with Gasteiger partial charge in [-0.25, -0.2) is 0 Å². The van der Waals surface area contributed by atoms with E-state index in [-0.39, 0.29) is 35.2 Å². The first-order valence-corrected chi connectivity index (χ1v) is 5.50. The monoisotopic (exact) mass is 315 g/mol. The van der Waals surface area contributed by atoms with E-state index < -0.39 is 0 Å². The van der Waals surface area contributed by atoms with Crippen LogP contribution in [0.2, 0.25) is 5.02 Å². The summed E-state index contributed by atoms with van der Waals surface area (Å²) < 4.78 is 5.30. The molecule has 2 rings (SSSR count). The molecule has 1 aromatic carbocycles. The molecule has 0 radical (unpaired) electrons. The summed E-state index contributed by atoms with van der Waals surface area (Å²) in [6.07, 6.45) is 1.13. The van der Waals surface area contributed by atoms with Gasteiger partial charge in [-0.1, -0.05) is 11.6 Å². The number of guanidine groups is 1. The minimum absolute atomic E-state index is 0. The van der Waals surface area contributed by atoms with Crippen LogP contribution in [0.1, 0.15) is 5.56 Å². The zero-order valence-electron chi connectivity index (χ0n) is 10.0. The number of halogens is 2. The lowest BCUT2D eigenvalue weighted by Gasteiger charge is -2.02. The second-order valence-corrected chi connectivity index (χ2v) is 4.06. The van der Waals surface area contributed by atoms with Crippen molar-refractivity contribution in [3.8, 4) is 0 Å². The summed E-state index contributed by atoms with van der Waals surface area (Å²) in [5.41, 5.74) is 15.9. The molecule has 0 saturated carbocycles. The van der Waals surface area contributed by atoms with Gasteiger partial charge in [-0.05, 0) is 18.2 Å². The van der Waals surface area contributed by atoms with Crippen molar-refractivity contribution in [1.29, 1.82) is 0 Å². The summed E-state index contributed by atoms with van der Waals surface area (Å²) in [4.78, 5) is 12.2. The van der Waals surface area contributed by atoms with Gasteiger partial charge in [0.2, 0.25) is 17.3 Å². The molecule has 0 aliphatic heterocycles. The lowest BCUT2D eigenvalue weighted by Crippen LogP contribution is -2.22. The van der Waals surface area contributed by atoms with E-state index in [1.807, 2.05) is 0 Å². The van der Waals surface area contributed by atoms with Crippen LogP contribution in [0.3, 0.4) is 0 Å². The van der Waals surface area contributed by atoms with Gasteiger partial charge < -0.3 is 21.6 Å². The molecule has 1 aromatic heterocycles. The predicted octanol–water partition coefficient (Wildman–Crippen LogP) is 1.06. The molecule has 7 nitrogen and oxygen atoms in total. The molecule has 0 amide bonds. The summed E-state index contributed by atoms with van der Waals surface area (Å²) >= 11 is 5.83. The van der Waals surface area contributed by atoms with Crippen LogP contribution >= 0.6 is 24.0 Å². The Morgan fingerprint density at radius 1 is 1.35 bits per heavy atom. The van der Waals surface area contributed by atoms with E-state index >= 15 is 0 Å². The SMILES string of the molecule is Cl.NC(N)=N/N=C/c1c(N)oc2ccc(Cl)cc2c1=O. The van der Waals surface area contributed by atoms with Gasteiger partial charge >= 0.3 is 0 Å². The van der Waals surface area contributed by atoms with Gasteiger partial charge in [0.1, 0.15) is 11.1 Å². The van der Waals surface area contributed by atoms with Gasteiger partial charge in [0.15, 0.2) is 0 Å². The van der Waals surface area contributed by atoms with Crippen molar-refractivity contribution >= 4 is 53.0 Å². The third-order valence-corrected chi connectivity index (χ3v) is 2.51. The molecule has 0 unspecified atom stereocenters. The first-order chi connectivity index (χ1) is 8.99. The fourth-order valence-electron chi connectivity index (χ4n) is 1.47. The smallest absolute Gasteiger partial charge is 0.211 e. The van der Waals surface area contributed by atoms with Crippen molar-refractivity contribution in [2.45, 2.75) is 0 Å². The van der Waals surface area contributed by atoms with E-state index in [9.17, 15) is 4.79 Å². The maximum atomic E-state index is 12.2. The average molecular weight is 316 g/mol. The van der Waals surface area contributed by atoms with E-state index in [2.05, 4.69) is 10.2 Å². The van der Waals surface area contributed by atoms with Gasteiger partial charge in [-0.2, -0.15) is 5.10 Å². The highest BCUT2D eigenvalue weighted by molar-refractivity contribution is 6.31. The molecule has 0 saturated heterocycles. The van der Waals surface area contributed by atoms with E-state index in [1.165, 1.54) is 6.07 Å². The predicted molar refractivity (Wildman–Crippen MR) is 82.6 cm³/mol. The van der Waals surface area contributed by atoms with Gasteiger partial charge in [-0.15, -0.1) is 17.5 Å². The van der Waals surface area contributed by atoms with Crippen LogP contribution in [0.5, 0.6) is 0 Å². The Bertz CT molecular complexity index is 750. The highest BCUT2D eigenvalue weighted by atomic mass is 35.5. The van der Waals surface area contributed by atoms with Crippen LogP contribution in [0, 0.1) is 0 Å². The maximum absolute atomic E-state index is 12.2. The number of fused-ring (bicyclic) bond motifs is 1. The molecule has 0 aliphatic rings. The Labute approximate surface area is 124 Å². The molecule has 0 atom stereocenters. The second kappa shape index (κ2) is 6.27. The van der Waals surface area contributed by atoms with Crippen LogP contribution in [-0.2, 0) is 0 Å². The Morgan fingerprint density at radius 3 is 2.70 bits per heavy atom. The van der Waals surface area contributed by atoms with Crippen molar-refractivity contribution < 1.29 is 4.42 Å². The Balaban J connectivity index is 0.00000200. The number of nitrogens with two attached hydrogens (primary N) is 3. The largest absolute Gasteiger partial charge is 0.440 e. The Hall–Kier alpha value is -2.25. The van der Waals surface area contributed by atoms with Crippen LogP contribution in [0.25, 0.3) is 11.0 Å². The molecule has 20 heavy (non-hydrogen) atoms. The van der Waals surface area contributed by atoms with E-state index in [0.717, 1.165) is 6.21 Å². The molecule has 9 heteroatoms. The fraction of sp³-hybridized carbons (Fsp3) is 0. The Morgan fingerprint density at radius 2 is 2.05 bits per heavy atom. The Kier molecular flexibility index (Phi) is 4.95. The molecule has 0 aliphatic carbocycles. The molecule has 2 aromatic rings. The highest BCUT2D eigenvalue weighted by Gasteiger charge is 2.10. The van der Waals surface area contributed by atoms with E-state index in [4.69, 9.17) is 33.2 Å².